The van der Waals surface area contributed by atoms with Crippen LogP contribution >= 0.6 is 0 Å². The van der Waals surface area contributed by atoms with E-state index in [0.717, 1.165) is 0 Å². The molecule has 4 rings (SSSR count). The fourth-order valence-corrected chi connectivity index (χ4v) is 4.37. The van der Waals surface area contributed by atoms with Crippen LogP contribution in [0.3, 0.4) is 0 Å². The van der Waals surface area contributed by atoms with Crippen LogP contribution in [0.1, 0.15) is 43.2 Å². The van der Waals surface area contributed by atoms with E-state index in [-0.39, 0.29) is 0 Å². The first-order valence-corrected chi connectivity index (χ1v) is 6.25. The van der Waals surface area contributed by atoms with Crippen LogP contribution in [0.15, 0.2) is 18.2 Å². The molecule has 16 heavy (non-hydrogen) atoms. The Labute approximate surface area is 95.7 Å². The highest BCUT2D eigenvalue weighted by atomic mass is 16.3. The van der Waals surface area contributed by atoms with Crippen LogP contribution in [0.5, 0.6) is 5.75 Å². The third kappa shape index (κ3) is 0.963. The van der Waals surface area contributed by atoms with Crippen molar-refractivity contribution >= 4 is 0 Å². The van der Waals surface area contributed by atoms with Crippen LogP contribution in [0.2, 0.25) is 0 Å². The minimum Gasteiger partial charge on any atom is -0.508 e. The van der Waals surface area contributed by atoms with Gasteiger partial charge in [0.15, 0.2) is 0 Å². The smallest absolute Gasteiger partial charge is 0.115 e. The average molecular weight is 215 g/mol. The van der Waals surface area contributed by atoms with Gasteiger partial charge in [0.05, 0.1) is 0 Å². The quantitative estimate of drug-likeness (QED) is 0.696. The predicted molar refractivity (Wildman–Crippen MR) is 62.8 cm³/mol. The lowest BCUT2D eigenvalue weighted by Gasteiger charge is -2.44. The molecule has 2 heteroatoms. The van der Waals surface area contributed by atoms with Gasteiger partial charge in [-0.1, -0.05) is 13.0 Å². The highest BCUT2D eigenvalue weighted by molar-refractivity contribution is 5.47. The lowest BCUT2D eigenvalue weighted by Crippen LogP contribution is -2.48. The first-order chi connectivity index (χ1) is 7.66. The zero-order chi connectivity index (χ0) is 10.9. The molecular weight excluding hydrogens is 198 g/mol. The lowest BCUT2D eigenvalue weighted by molar-refractivity contribution is 0.248. The highest BCUT2D eigenvalue weighted by Gasteiger charge is 2.52. The Morgan fingerprint density at radius 2 is 2.25 bits per heavy atom. The highest BCUT2D eigenvalue weighted by Crippen LogP contribution is 2.55. The molecule has 4 atom stereocenters. The van der Waals surface area contributed by atoms with Gasteiger partial charge in [0.2, 0.25) is 0 Å². The SMILES string of the molecule is C[C@@]12C[C@H]3C[C@@H](c4ccc(O)cc41)[C@@H](C2)N3. The number of aromatic hydroxyl groups is 1. The van der Waals surface area contributed by atoms with Crippen LogP contribution in [0.4, 0.5) is 0 Å². The molecule has 2 aliphatic heterocycles. The number of nitrogens with one attached hydrogen (secondary N) is 1. The summed E-state index contributed by atoms with van der Waals surface area (Å²) < 4.78 is 0. The Balaban J connectivity index is 1.99. The molecule has 0 amide bonds. The monoisotopic (exact) mass is 215 g/mol. The number of fused-ring (bicyclic) bond motifs is 5. The number of phenolic OH excluding ortho intramolecular Hbond substituents is 1. The summed E-state index contributed by atoms with van der Waals surface area (Å²) in [5, 5.41) is 13.4. The third-order valence-electron chi connectivity index (χ3n) is 4.93. The van der Waals surface area contributed by atoms with Crippen LogP contribution in [-0.2, 0) is 5.41 Å². The summed E-state index contributed by atoms with van der Waals surface area (Å²) in [7, 11) is 0. The van der Waals surface area contributed by atoms with Gasteiger partial charge in [-0.2, -0.15) is 0 Å². The van der Waals surface area contributed by atoms with Crippen molar-refractivity contribution < 1.29 is 5.11 Å². The van der Waals surface area contributed by atoms with Gasteiger partial charge < -0.3 is 10.4 Å². The first kappa shape index (κ1) is 9.06. The van der Waals surface area contributed by atoms with E-state index in [1.807, 2.05) is 12.1 Å². The molecular formula is C14H17NO. The first-order valence-electron chi connectivity index (χ1n) is 6.25. The van der Waals surface area contributed by atoms with Crippen molar-refractivity contribution in [1.29, 1.82) is 0 Å². The van der Waals surface area contributed by atoms with Crippen molar-refractivity contribution in [2.24, 2.45) is 0 Å². The van der Waals surface area contributed by atoms with Crippen molar-refractivity contribution in [3.63, 3.8) is 0 Å². The van der Waals surface area contributed by atoms with Gasteiger partial charge in [-0.05, 0) is 47.9 Å². The maximum atomic E-state index is 9.68. The van der Waals surface area contributed by atoms with E-state index in [1.165, 1.54) is 30.4 Å². The second-order valence-corrected chi connectivity index (χ2v) is 6.05. The Bertz CT molecular complexity index is 466. The molecule has 0 spiro atoms. The molecule has 0 aromatic heterocycles. The van der Waals surface area contributed by atoms with Gasteiger partial charge in [0.25, 0.3) is 0 Å². The second-order valence-electron chi connectivity index (χ2n) is 6.05. The average Bonchev–Trinajstić information content (AvgIpc) is 2.49. The van der Waals surface area contributed by atoms with Crippen molar-refractivity contribution in [3.8, 4) is 5.75 Å². The summed E-state index contributed by atoms with van der Waals surface area (Å²) >= 11 is 0. The minimum atomic E-state index is 0.293. The van der Waals surface area contributed by atoms with Gasteiger partial charge in [0, 0.05) is 18.0 Å². The molecule has 3 aliphatic rings. The Morgan fingerprint density at radius 3 is 3.12 bits per heavy atom. The number of phenols is 1. The van der Waals surface area contributed by atoms with Crippen LogP contribution in [0.25, 0.3) is 0 Å². The second kappa shape index (κ2) is 2.62. The van der Waals surface area contributed by atoms with Gasteiger partial charge in [-0.25, -0.2) is 0 Å². The van der Waals surface area contributed by atoms with Crippen molar-refractivity contribution in [1.82, 2.24) is 5.32 Å². The molecule has 0 saturated carbocycles. The van der Waals surface area contributed by atoms with E-state index in [0.29, 0.717) is 29.2 Å². The maximum absolute atomic E-state index is 9.68. The summed E-state index contributed by atoms with van der Waals surface area (Å²) in [6.45, 7) is 2.37. The van der Waals surface area contributed by atoms with E-state index in [1.54, 1.807) is 0 Å². The molecule has 1 aromatic rings. The van der Waals surface area contributed by atoms with Crippen LogP contribution in [-0.4, -0.2) is 17.2 Å². The number of rotatable bonds is 0. The van der Waals surface area contributed by atoms with E-state index < -0.39 is 0 Å². The topological polar surface area (TPSA) is 32.3 Å². The summed E-state index contributed by atoms with van der Waals surface area (Å²) in [5.41, 5.74) is 3.20. The number of piperidine rings is 1. The van der Waals surface area contributed by atoms with Crippen molar-refractivity contribution in [2.75, 3.05) is 0 Å². The predicted octanol–water partition coefficient (Wildman–Crippen LogP) is 2.27. The standard InChI is InChI=1S/C14H17NO/c1-14-6-8-4-11(13(7-14)15-8)10-3-2-9(16)5-12(10)14/h2-3,5,8,11,13,15-16H,4,6-7H2,1H3/t8-,11+,13-,14+/m1/s1. The van der Waals surface area contributed by atoms with Crippen LogP contribution in [0, 0.1) is 0 Å². The zero-order valence-electron chi connectivity index (χ0n) is 9.53. The molecule has 1 aliphatic carbocycles. The lowest BCUT2D eigenvalue weighted by atomic mass is 9.65. The van der Waals surface area contributed by atoms with E-state index in [2.05, 4.69) is 18.3 Å². The summed E-state index contributed by atoms with van der Waals surface area (Å²) in [5.74, 6) is 1.12. The van der Waals surface area contributed by atoms with E-state index >= 15 is 0 Å². The Hall–Kier alpha value is -1.02. The van der Waals surface area contributed by atoms with Crippen LogP contribution < -0.4 is 5.32 Å². The number of hydrogen-bond acceptors (Lipinski definition) is 2. The molecule has 2 nitrogen and oxygen atoms in total. The van der Waals surface area contributed by atoms with Crippen molar-refractivity contribution in [2.45, 2.75) is 49.6 Å². The number of hydrogen-bond donors (Lipinski definition) is 2. The largest absolute Gasteiger partial charge is 0.508 e. The molecule has 2 N–H and O–H groups in total. The molecule has 2 heterocycles. The summed E-state index contributed by atoms with van der Waals surface area (Å²) in [6, 6.07) is 7.38. The van der Waals surface area contributed by atoms with E-state index in [9.17, 15) is 5.11 Å². The maximum Gasteiger partial charge on any atom is 0.115 e. The van der Waals surface area contributed by atoms with Gasteiger partial charge >= 0.3 is 0 Å². The normalized spacial score (nSPS) is 43.4. The summed E-state index contributed by atoms with van der Waals surface area (Å²) in [6.07, 6.45) is 3.76. The number of benzene rings is 1. The molecule has 3 bridgehead atoms. The molecule has 0 radical (unpaired) electrons. The third-order valence-corrected chi connectivity index (χ3v) is 4.93. The zero-order valence-corrected chi connectivity index (χ0v) is 9.53. The molecule has 84 valence electrons. The molecule has 1 aromatic carbocycles. The molecule has 2 saturated heterocycles. The fourth-order valence-electron chi connectivity index (χ4n) is 4.37. The van der Waals surface area contributed by atoms with Gasteiger partial charge in [-0.15, -0.1) is 0 Å². The Morgan fingerprint density at radius 1 is 1.38 bits per heavy atom. The van der Waals surface area contributed by atoms with Gasteiger partial charge in [-0.3, -0.25) is 0 Å². The van der Waals surface area contributed by atoms with Crippen molar-refractivity contribution in [3.05, 3.63) is 29.3 Å². The minimum absolute atomic E-state index is 0.293. The fraction of sp³-hybridized carbons (Fsp3) is 0.571. The Kier molecular flexibility index (Phi) is 1.48. The summed E-state index contributed by atoms with van der Waals surface area (Å²) in [4.78, 5) is 0. The molecule has 2 fully saturated rings. The van der Waals surface area contributed by atoms with E-state index in [4.69, 9.17) is 0 Å². The molecule has 0 unspecified atom stereocenters. The van der Waals surface area contributed by atoms with Gasteiger partial charge in [0.1, 0.15) is 5.75 Å².